The van der Waals surface area contributed by atoms with Crippen LogP contribution in [0.15, 0.2) is 18.9 Å². The quantitative estimate of drug-likeness (QED) is 0.301. The highest BCUT2D eigenvalue weighted by Gasteiger charge is 2.13. The molecule has 0 saturated heterocycles. The number of halogens is 2. The summed E-state index contributed by atoms with van der Waals surface area (Å²) in [5.74, 6) is 0.389. The second kappa shape index (κ2) is 5.90. The zero-order valence-electron chi connectivity index (χ0n) is 7.63. The molecule has 0 aliphatic rings. The van der Waals surface area contributed by atoms with Gasteiger partial charge in [-0.3, -0.25) is 0 Å². The molecule has 1 aromatic rings. The zero-order valence-corrected chi connectivity index (χ0v) is 10.5. The van der Waals surface area contributed by atoms with Crippen molar-refractivity contribution in [2.45, 2.75) is 0 Å². The van der Waals surface area contributed by atoms with Crippen LogP contribution < -0.4 is 10.3 Å². The van der Waals surface area contributed by atoms with Gasteiger partial charge in [0.05, 0.1) is 3.57 Å². The Hall–Kier alpha value is -0.840. The van der Waals surface area contributed by atoms with E-state index in [2.05, 4.69) is 17.0 Å². The molecule has 0 aliphatic heterocycles. The fourth-order valence-corrected chi connectivity index (χ4v) is 1.51. The summed E-state index contributed by atoms with van der Waals surface area (Å²) in [4.78, 5) is 9.05. The Kier molecular flexibility index (Phi) is 4.81. The molecule has 1 N–H and O–H groups in total. The number of nitriles is 1. The predicted octanol–water partition coefficient (Wildman–Crippen LogP) is 2.28. The van der Waals surface area contributed by atoms with Gasteiger partial charge in [0, 0.05) is 12.7 Å². The molecule has 4 nitrogen and oxygen atoms in total. The molecule has 1 rings (SSSR count). The van der Waals surface area contributed by atoms with Crippen LogP contribution >= 0.6 is 34.2 Å². The Bertz CT molecular complexity index is 417. The summed E-state index contributed by atoms with van der Waals surface area (Å²) in [6.45, 7) is 4.00. The molecule has 6 heteroatoms. The number of hydroxylamine groups is 1. The fourth-order valence-electron chi connectivity index (χ4n) is 0.819. The summed E-state index contributed by atoms with van der Waals surface area (Å²) < 4.78 is 0.713. The van der Waals surface area contributed by atoms with Gasteiger partial charge in [-0.1, -0.05) is 17.7 Å². The molecule has 0 saturated carbocycles. The standard InChI is InChI=1S/C9H7ClIN3O/c1-2-3-14-15-8-6(4-12)9(10)13-5-7(8)11/h2,5,14H,1,3H2. The van der Waals surface area contributed by atoms with Gasteiger partial charge in [0.2, 0.25) is 0 Å². The molecule has 1 heterocycles. The van der Waals surface area contributed by atoms with Gasteiger partial charge in [-0.15, -0.1) is 6.58 Å². The average Bonchev–Trinajstić information content (AvgIpc) is 2.23. The molecule has 0 aromatic carbocycles. The highest BCUT2D eigenvalue weighted by Crippen LogP contribution is 2.28. The molecule has 0 aliphatic carbocycles. The first-order chi connectivity index (χ1) is 7.20. The first-order valence-corrected chi connectivity index (χ1v) is 5.41. The lowest BCUT2D eigenvalue weighted by Crippen LogP contribution is -2.19. The third-order valence-electron chi connectivity index (χ3n) is 1.46. The molecule has 78 valence electrons. The van der Waals surface area contributed by atoms with Gasteiger partial charge < -0.3 is 4.84 Å². The van der Waals surface area contributed by atoms with Crippen molar-refractivity contribution >= 4 is 34.2 Å². The van der Waals surface area contributed by atoms with Gasteiger partial charge in [-0.25, -0.2) is 4.98 Å². The van der Waals surface area contributed by atoms with Crippen molar-refractivity contribution < 1.29 is 4.84 Å². The number of hydrogen-bond donors (Lipinski definition) is 1. The second-order valence-electron chi connectivity index (χ2n) is 2.45. The van der Waals surface area contributed by atoms with Crippen molar-refractivity contribution in [1.29, 1.82) is 5.26 Å². The van der Waals surface area contributed by atoms with Gasteiger partial charge in [-0.05, 0) is 22.6 Å². The summed E-state index contributed by atoms with van der Waals surface area (Å²) in [6, 6.07) is 1.94. The first-order valence-electron chi connectivity index (χ1n) is 3.95. The number of nitrogens with one attached hydrogen (secondary N) is 1. The van der Waals surface area contributed by atoms with Crippen molar-refractivity contribution in [3.8, 4) is 11.8 Å². The Morgan fingerprint density at radius 1 is 1.80 bits per heavy atom. The van der Waals surface area contributed by atoms with Crippen LogP contribution in [0.3, 0.4) is 0 Å². The lowest BCUT2D eigenvalue weighted by molar-refractivity contribution is 0.206. The van der Waals surface area contributed by atoms with Crippen LogP contribution in [0, 0.1) is 14.9 Å². The Labute approximate surface area is 106 Å². The van der Waals surface area contributed by atoms with Crippen LogP contribution in [0.2, 0.25) is 5.15 Å². The van der Waals surface area contributed by atoms with E-state index in [1.807, 2.05) is 28.7 Å². The third-order valence-corrected chi connectivity index (χ3v) is 2.51. The Morgan fingerprint density at radius 3 is 3.13 bits per heavy atom. The molecular formula is C9H7ClIN3O. The van der Waals surface area contributed by atoms with Crippen LogP contribution in [0.5, 0.6) is 5.75 Å². The maximum absolute atomic E-state index is 8.87. The molecule has 0 spiro atoms. The molecule has 0 unspecified atom stereocenters. The fraction of sp³-hybridized carbons (Fsp3) is 0.111. The first kappa shape index (κ1) is 12.2. The van der Waals surface area contributed by atoms with Gasteiger partial charge >= 0.3 is 0 Å². The minimum atomic E-state index is 0.133. The smallest absolute Gasteiger partial charge is 0.182 e. The van der Waals surface area contributed by atoms with E-state index in [-0.39, 0.29) is 10.7 Å². The number of hydrogen-bond acceptors (Lipinski definition) is 4. The molecule has 1 aromatic heterocycles. The molecule has 0 fully saturated rings. The van der Waals surface area contributed by atoms with E-state index in [1.54, 1.807) is 6.08 Å². The average molecular weight is 336 g/mol. The monoisotopic (exact) mass is 335 g/mol. The summed E-state index contributed by atoms with van der Waals surface area (Å²) in [6.07, 6.45) is 3.18. The molecule has 0 atom stereocenters. The number of rotatable bonds is 4. The maximum atomic E-state index is 8.87. The van der Waals surface area contributed by atoms with E-state index < -0.39 is 0 Å². The van der Waals surface area contributed by atoms with Crippen molar-refractivity contribution in [2.24, 2.45) is 0 Å². The molecule has 0 bridgehead atoms. The SMILES string of the molecule is C=CCNOc1c(I)cnc(Cl)c1C#N. The van der Waals surface area contributed by atoms with Crippen molar-refractivity contribution in [2.75, 3.05) is 6.54 Å². The zero-order chi connectivity index (χ0) is 11.3. The van der Waals surface area contributed by atoms with E-state index in [1.165, 1.54) is 6.20 Å². The Balaban J connectivity index is 2.99. The highest BCUT2D eigenvalue weighted by molar-refractivity contribution is 14.1. The minimum Gasteiger partial charge on any atom is -0.406 e. The van der Waals surface area contributed by atoms with Crippen LogP contribution in [-0.2, 0) is 0 Å². The minimum absolute atomic E-state index is 0.133. The van der Waals surface area contributed by atoms with E-state index >= 15 is 0 Å². The summed E-state index contributed by atoms with van der Waals surface area (Å²) in [5, 5.41) is 9.01. The van der Waals surface area contributed by atoms with Gasteiger partial charge in [0.25, 0.3) is 0 Å². The Morgan fingerprint density at radius 2 is 2.53 bits per heavy atom. The number of pyridine rings is 1. The molecule has 0 amide bonds. The number of aromatic nitrogens is 1. The van der Waals surface area contributed by atoms with Gasteiger partial charge in [0.15, 0.2) is 10.9 Å². The lowest BCUT2D eigenvalue weighted by Gasteiger charge is -2.08. The largest absolute Gasteiger partial charge is 0.406 e. The van der Waals surface area contributed by atoms with E-state index in [0.29, 0.717) is 15.9 Å². The predicted molar refractivity (Wildman–Crippen MR) is 65.5 cm³/mol. The number of nitrogens with zero attached hydrogens (tertiary/aromatic N) is 2. The molecule has 0 radical (unpaired) electrons. The van der Waals surface area contributed by atoms with E-state index in [4.69, 9.17) is 21.7 Å². The van der Waals surface area contributed by atoms with Gasteiger partial charge in [-0.2, -0.15) is 10.7 Å². The lowest BCUT2D eigenvalue weighted by atomic mass is 10.3. The van der Waals surface area contributed by atoms with Gasteiger partial charge in [0.1, 0.15) is 11.6 Å². The van der Waals surface area contributed by atoms with E-state index in [9.17, 15) is 0 Å². The van der Waals surface area contributed by atoms with Crippen molar-refractivity contribution in [3.05, 3.63) is 33.1 Å². The topological polar surface area (TPSA) is 57.9 Å². The van der Waals surface area contributed by atoms with Crippen LogP contribution in [0.25, 0.3) is 0 Å². The van der Waals surface area contributed by atoms with Crippen molar-refractivity contribution in [1.82, 2.24) is 10.5 Å². The summed E-state index contributed by atoms with van der Waals surface area (Å²) in [7, 11) is 0. The van der Waals surface area contributed by atoms with Crippen LogP contribution in [-0.4, -0.2) is 11.5 Å². The van der Waals surface area contributed by atoms with Crippen LogP contribution in [0.1, 0.15) is 5.56 Å². The molecular weight excluding hydrogens is 328 g/mol. The highest BCUT2D eigenvalue weighted by atomic mass is 127. The van der Waals surface area contributed by atoms with E-state index in [0.717, 1.165) is 0 Å². The summed E-state index contributed by atoms with van der Waals surface area (Å²) >= 11 is 7.76. The van der Waals surface area contributed by atoms with Crippen molar-refractivity contribution in [3.63, 3.8) is 0 Å². The second-order valence-corrected chi connectivity index (χ2v) is 3.97. The third kappa shape index (κ3) is 3.06. The normalized spacial score (nSPS) is 9.40. The summed E-state index contributed by atoms with van der Waals surface area (Å²) in [5.41, 5.74) is 2.86. The van der Waals surface area contributed by atoms with Crippen LogP contribution in [0.4, 0.5) is 0 Å². The maximum Gasteiger partial charge on any atom is 0.182 e. The molecule has 15 heavy (non-hydrogen) atoms.